The Labute approximate surface area is 204 Å². The number of halogens is 1. The van der Waals surface area contributed by atoms with Crippen molar-refractivity contribution in [2.45, 2.75) is 74.8 Å². The molecule has 8 heteroatoms. The molecule has 2 aromatic rings. The lowest BCUT2D eigenvalue weighted by atomic mass is 9.90. The topological polar surface area (TPSA) is 109 Å². The van der Waals surface area contributed by atoms with E-state index >= 15 is 0 Å². The molecule has 2 aromatic carbocycles. The lowest BCUT2D eigenvalue weighted by Crippen LogP contribution is -2.55. The third kappa shape index (κ3) is 5.74. The fourth-order valence-electron chi connectivity index (χ4n) is 4.81. The van der Waals surface area contributed by atoms with Crippen LogP contribution >= 0.6 is 11.6 Å². The molecule has 1 aliphatic heterocycles. The summed E-state index contributed by atoms with van der Waals surface area (Å²) in [5.41, 5.74) is 2.49. The van der Waals surface area contributed by atoms with Gasteiger partial charge in [-0.2, -0.15) is 0 Å². The smallest absolute Gasteiger partial charge is 0.119 e. The van der Waals surface area contributed by atoms with Crippen LogP contribution in [0.2, 0.25) is 5.02 Å². The SMILES string of the molecule is COC1CCCC(Oc2ccc(Cc3cc([C@@H]4O[C@H](CO)[C@@H](O)[C@H](O)[C@H]4O)ccc3Cl)cc2)C1. The minimum Gasteiger partial charge on any atom is -0.490 e. The van der Waals surface area contributed by atoms with Crippen LogP contribution in [0.5, 0.6) is 5.75 Å². The number of hydrogen-bond acceptors (Lipinski definition) is 7. The Morgan fingerprint density at radius 1 is 0.971 bits per heavy atom. The van der Waals surface area contributed by atoms with Gasteiger partial charge in [0.1, 0.15) is 42.4 Å². The summed E-state index contributed by atoms with van der Waals surface area (Å²) in [7, 11) is 1.75. The Kier molecular flexibility index (Phi) is 8.47. The Bertz CT molecular complexity index is 935. The third-order valence-electron chi connectivity index (χ3n) is 6.82. The molecule has 7 atom stereocenters. The fourth-order valence-corrected chi connectivity index (χ4v) is 4.99. The fraction of sp³-hybridized carbons (Fsp3) is 0.538. The van der Waals surface area contributed by atoms with Gasteiger partial charge in [0.2, 0.25) is 0 Å². The van der Waals surface area contributed by atoms with Crippen LogP contribution in [0.3, 0.4) is 0 Å². The maximum Gasteiger partial charge on any atom is 0.119 e. The largest absolute Gasteiger partial charge is 0.490 e. The van der Waals surface area contributed by atoms with Gasteiger partial charge in [-0.1, -0.05) is 35.9 Å². The molecule has 2 fully saturated rings. The van der Waals surface area contributed by atoms with Crippen molar-refractivity contribution in [3.05, 3.63) is 64.2 Å². The van der Waals surface area contributed by atoms with Crippen LogP contribution in [0.25, 0.3) is 0 Å². The van der Waals surface area contributed by atoms with Crippen molar-refractivity contribution in [2.75, 3.05) is 13.7 Å². The number of benzene rings is 2. The molecule has 186 valence electrons. The van der Waals surface area contributed by atoms with Gasteiger partial charge in [-0.25, -0.2) is 0 Å². The molecule has 1 saturated heterocycles. The van der Waals surface area contributed by atoms with Gasteiger partial charge in [0.25, 0.3) is 0 Å². The Balaban J connectivity index is 1.44. The Hall–Kier alpha value is -1.71. The highest BCUT2D eigenvalue weighted by molar-refractivity contribution is 6.31. The lowest BCUT2D eigenvalue weighted by Gasteiger charge is -2.40. The highest BCUT2D eigenvalue weighted by Crippen LogP contribution is 2.34. The zero-order valence-electron chi connectivity index (χ0n) is 19.2. The standard InChI is InChI=1S/C26H33ClO7/c1-32-19-3-2-4-20(13-19)33-18-8-5-15(6-9-18)11-17-12-16(7-10-21(17)27)26-25(31)24(30)23(29)22(14-28)34-26/h5-10,12,19-20,22-26,28-31H,2-4,11,13-14H2,1H3/t19?,20?,22-,23-,24+,25-,26+/m1/s1. The van der Waals surface area contributed by atoms with Crippen LogP contribution in [-0.2, 0) is 15.9 Å². The highest BCUT2D eigenvalue weighted by atomic mass is 35.5. The van der Waals surface area contributed by atoms with E-state index < -0.39 is 37.1 Å². The Morgan fingerprint density at radius 2 is 1.71 bits per heavy atom. The van der Waals surface area contributed by atoms with Gasteiger partial charge in [0, 0.05) is 18.6 Å². The number of rotatable bonds is 7. The van der Waals surface area contributed by atoms with Gasteiger partial charge < -0.3 is 34.6 Å². The maximum absolute atomic E-state index is 10.5. The number of ether oxygens (including phenoxy) is 3. The summed E-state index contributed by atoms with van der Waals surface area (Å²) in [5, 5.41) is 40.6. The number of hydrogen-bond donors (Lipinski definition) is 4. The molecule has 2 aliphatic rings. The van der Waals surface area contributed by atoms with Crippen LogP contribution < -0.4 is 4.74 Å². The van der Waals surface area contributed by atoms with Crippen molar-refractivity contribution in [1.29, 1.82) is 0 Å². The molecule has 0 radical (unpaired) electrons. The van der Waals surface area contributed by atoms with Gasteiger partial charge >= 0.3 is 0 Å². The number of methoxy groups -OCH3 is 1. The average Bonchev–Trinajstić information content (AvgIpc) is 2.85. The maximum atomic E-state index is 10.5. The first kappa shape index (κ1) is 25.4. The van der Waals surface area contributed by atoms with Crippen LogP contribution in [0.15, 0.2) is 42.5 Å². The summed E-state index contributed by atoms with van der Waals surface area (Å²) in [6.45, 7) is -0.469. The summed E-state index contributed by atoms with van der Waals surface area (Å²) >= 11 is 6.45. The molecule has 0 aromatic heterocycles. The van der Waals surface area contributed by atoms with E-state index in [1.165, 1.54) is 0 Å². The summed E-state index contributed by atoms with van der Waals surface area (Å²) < 4.78 is 17.3. The molecule has 0 spiro atoms. The van der Waals surface area contributed by atoms with Gasteiger partial charge in [-0.05, 0) is 60.6 Å². The molecule has 0 bridgehead atoms. The predicted molar refractivity (Wildman–Crippen MR) is 127 cm³/mol. The van der Waals surface area contributed by atoms with E-state index in [0.717, 1.165) is 42.6 Å². The molecule has 1 aliphatic carbocycles. The highest BCUT2D eigenvalue weighted by Gasteiger charge is 2.44. The molecule has 4 rings (SSSR count). The quantitative estimate of drug-likeness (QED) is 0.470. The molecule has 7 nitrogen and oxygen atoms in total. The molecule has 0 amide bonds. The van der Waals surface area contributed by atoms with Gasteiger partial charge in [0.15, 0.2) is 0 Å². The van der Waals surface area contributed by atoms with Crippen molar-refractivity contribution in [1.82, 2.24) is 0 Å². The summed E-state index contributed by atoms with van der Waals surface area (Å²) in [4.78, 5) is 0. The second-order valence-corrected chi connectivity index (χ2v) is 9.59. The zero-order valence-corrected chi connectivity index (χ0v) is 20.0. The molecular weight excluding hydrogens is 460 g/mol. The van der Waals surface area contributed by atoms with Gasteiger partial charge in [-0.15, -0.1) is 0 Å². The van der Waals surface area contributed by atoms with Crippen molar-refractivity contribution >= 4 is 11.6 Å². The van der Waals surface area contributed by atoms with Crippen LogP contribution in [-0.4, -0.2) is 70.8 Å². The second kappa shape index (κ2) is 11.4. The second-order valence-electron chi connectivity index (χ2n) is 9.19. The summed E-state index contributed by atoms with van der Waals surface area (Å²) in [6, 6.07) is 13.2. The van der Waals surface area contributed by atoms with Gasteiger partial charge in [-0.3, -0.25) is 0 Å². The van der Waals surface area contributed by atoms with Crippen molar-refractivity contribution < 1.29 is 34.6 Å². The molecule has 1 heterocycles. The van der Waals surface area contributed by atoms with Crippen LogP contribution in [0.4, 0.5) is 0 Å². The first-order valence-electron chi connectivity index (χ1n) is 11.8. The van der Waals surface area contributed by atoms with E-state index in [2.05, 4.69) is 0 Å². The minimum atomic E-state index is -1.43. The first-order valence-corrected chi connectivity index (χ1v) is 12.1. The minimum absolute atomic E-state index is 0.161. The number of aliphatic hydroxyl groups is 4. The zero-order chi connectivity index (χ0) is 24.2. The van der Waals surface area contributed by atoms with E-state index in [9.17, 15) is 20.4 Å². The van der Waals surface area contributed by atoms with E-state index in [1.807, 2.05) is 30.3 Å². The predicted octanol–water partition coefficient (Wildman–Crippen LogP) is 2.78. The average molecular weight is 493 g/mol. The lowest BCUT2D eigenvalue weighted by molar-refractivity contribution is -0.231. The summed E-state index contributed by atoms with van der Waals surface area (Å²) in [6.07, 6.45) is -0.912. The Morgan fingerprint density at radius 3 is 2.41 bits per heavy atom. The van der Waals surface area contributed by atoms with E-state index in [-0.39, 0.29) is 12.2 Å². The van der Waals surface area contributed by atoms with Gasteiger partial charge in [0.05, 0.1) is 12.7 Å². The van der Waals surface area contributed by atoms with Crippen molar-refractivity contribution in [3.8, 4) is 5.75 Å². The molecule has 34 heavy (non-hydrogen) atoms. The van der Waals surface area contributed by atoms with Crippen molar-refractivity contribution in [3.63, 3.8) is 0 Å². The molecule has 2 unspecified atom stereocenters. The molecule has 1 saturated carbocycles. The van der Waals surface area contributed by atoms with E-state index in [4.69, 9.17) is 25.8 Å². The van der Waals surface area contributed by atoms with E-state index in [1.54, 1.807) is 19.2 Å². The first-order chi connectivity index (χ1) is 16.4. The van der Waals surface area contributed by atoms with Crippen LogP contribution in [0.1, 0.15) is 48.5 Å². The van der Waals surface area contributed by atoms with E-state index in [0.29, 0.717) is 17.0 Å². The normalized spacial score (nSPS) is 31.9. The molecule has 4 N–H and O–H groups in total. The van der Waals surface area contributed by atoms with Crippen LogP contribution in [0, 0.1) is 0 Å². The molecular formula is C26H33ClO7. The van der Waals surface area contributed by atoms with Crippen molar-refractivity contribution in [2.24, 2.45) is 0 Å². The summed E-state index contributed by atoms with van der Waals surface area (Å²) in [5.74, 6) is 0.826. The third-order valence-corrected chi connectivity index (χ3v) is 7.19. The number of aliphatic hydroxyl groups excluding tert-OH is 4. The monoisotopic (exact) mass is 492 g/mol.